The summed E-state index contributed by atoms with van der Waals surface area (Å²) >= 11 is 0. The van der Waals surface area contributed by atoms with E-state index in [-0.39, 0.29) is 29.6 Å². The lowest BCUT2D eigenvalue weighted by atomic mass is 9.80. The van der Waals surface area contributed by atoms with Gasteiger partial charge in [0, 0.05) is 17.6 Å². The molecule has 0 aromatic heterocycles. The minimum Gasteiger partial charge on any atom is -0.333 e. The number of hydrazine groups is 1. The second-order valence-corrected chi connectivity index (χ2v) is 9.88. The van der Waals surface area contributed by atoms with Crippen LogP contribution in [0.3, 0.4) is 0 Å². The first-order chi connectivity index (χ1) is 15.6. The molecular formula is C26H33N3O3. The standard InChI is InChI=1S/C26H33N3O3/c1-2-17-10-12-19(13-11-17)28(20-14-15-20)25(31)18-6-5-7-21(16-18)29-26(32)23-9-4-3-8-22(23)24(30)27-29/h3-7,16-17,19-20,22-23H,2,8-15H2,1H3,(H,27,30). The van der Waals surface area contributed by atoms with Crippen molar-refractivity contribution in [2.75, 3.05) is 5.01 Å². The zero-order valence-corrected chi connectivity index (χ0v) is 18.8. The average molecular weight is 436 g/mol. The maximum Gasteiger partial charge on any atom is 0.254 e. The van der Waals surface area contributed by atoms with Crippen LogP contribution in [0, 0.1) is 17.8 Å². The van der Waals surface area contributed by atoms with Gasteiger partial charge in [0.25, 0.3) is 5.91 Å². The third-order valence-electron chi connectivity index (χ3n) is 7.84. The highest BCUT2D eigenvalue weighted by atomic mass is 16.2. The van der Waals surface area contributed by atoms with Gasteiger partial charge in [0.05, 0.1) is 17.5 Å². The monoisotopic (exact) mass is 435 g/mol. The van der Waals surface area contributed by atoms with Gasteiger partial charge in [-0.2, -0.15) is 0 Å². The number of carbonyl (C=O) groups is 3. The summed E-state index contributed by atoms with van der Waals surface area (Å²) in [7, 11) is 0. The number of anilines is 1. The third-order valence-corrected chi connectivity index (χ3v) is 7.84. The molecule has 0 bridgehead atoms. The Balaban J connectivity index is 1.36. The molecule has 3 amide bonds. The average Bonchev–Trinajstić information content (AvgIpc) is 3.67. The Morgan fingerprint density at radius 3 is 2.31 bits per heavy atom. The van der Waals surface area contributed by atoms with E-state index in [0.717, 1.165) is 31.6 Å². The molecule has 32 heavy (non-hydrogen) atoms. The summed E-state index contributed by atoms with van der Waals surface area (Å²) in [5.41, 5.74) is 3.93. The summed E-state index contributed by atoms with van der Waals surface area (Å²) in [4.78, 5) is 41.5. The third kappa shape index (κ3) is 3.96. The SMILES string of the molecule is CCC1CCC(N(C(=O)c2cccc(N3NC(=O)C4CC=CCC4C3=O)c2)C2CC2)CC1. The summed E-state index contributed by atoms with van der Waals surface area (Å²) in [5, 5.41) is 1.35. The number of allylic oxidation sites excluding steroid dienone is 2. The molecule has 3 fully saturated rings. The van der Waals surface area contributed by atoms with E-state index < -0.39 is 0 Å². The molecule has 5 rings (SSSR count). The number of fused-ring (bicyclic) bond motifs is 1. The van der Waals surface area contributed by atoms with Gasteiger partial charge in [-0.15, -0.1) is 0 Å². The highest BCUT2D eigenvalue weighted by molar-refractivity contribution is 6.05. The minimum absolute atomic E-state index is 0.0589. The van der Waals surface area contributed by atoms with Crippen LogP contribution in [0.15, 0.2) is 36.4 Å². The van der Waals surface area contributed by atoms with Gasteiger partial charge in [-0.3, -0.25) is 19.8 Å². The van der Waals surface area contributed by atoms with Crippen molar-refractivity contribution in [3.63, 3.8) is 0 Å². The van der Waals surface area contributed by atoms with Crippen LogP contribution in [0.2, 0.25) is 0 Å². The molecule has 1 aliphatic heterocycles. The Morgan fingerprint density at radius 1 is 1.00 bits per heavy atom. The van der Waals surface area contributed by atoms with Crippen LogP contribution in [0.4, 0.5) is 5.69 Å². The number of nitrogens with zero attached hydrogens (tertiary/aromatic N) is 2. The Bertz CT molecular complexity index is 930. The fourth-order valence-corrected chi connectivity index (χ4v) is 5.72. The Hall–Kier alpha value is -2.63. The largest absolute Gasteiger partial charge is 0.333 e. The van der Waals surface area contributed by atoms with Crippen molar-refractivity contribution in [1.29, 1.82) is 0 Å². The van der Waals surface area contributed by atoms with Gasteiger partial charge in [-0.05, 0) is 75.5 Å². The Labute approximate surface area is 190 Å². The van der Waals surface area contributed by atoms with E-state index in [9.17, 15) is 14.4 Å². The van der Waals surface area contributed by atoms with Gasteiger partial charge >= 0.3 is 0 Å². The highest BCUT2D eigenvalue weighted by Crippen LogP contribution is 2.38. The van der Waals surface area contributed by atoms with Gasteiger partial charge in [0.2, 0.25) is 11.8 Å². The predicted molar refractivity (Wildman–Crippen MR) is 123 cm³/mol. The normalized spacial score (nSPS) is 30.0. The van der Waals surface area contributed by atoms with Crippen LogP contribution < -0.4 is 10.4 Å². The van der Waals surface area contributed by atoms with Crippen LogP contribution >= 0.6 is 0 Å². The molecule has 1 heterocycles. The molecule has 2 saturated carbocycles. The van der Waals surface area contributed by atoms with Crippen LogP contribution in [-0.2, 0) is 9.59 Å². The Morgan fingerprint density at radius 2 is 1.66 bits per heavy atom. The molecule has 1 aromatic carbocycles. The number of nitrogens with one attached hydrogen (secondary N) is 1. The smallest absolute Gasteiger partial charge is 0.254 e. The van der Waals surface area contributed by atoms with Crippen molar-refractivity contribution in [3.05, 3.63) is 42.0 Å². The molecule has 1 aromatic rings. The van der Waals surface area contributed by atoms with Crippen molar-refractivity contribution in [3.8, 4) is 0 Å². The molecule has 2 atom stereocenters. The van der Waals surface area contributed by atoms with E-state index in [2.05, 4.69) is 17.2 Å². The quantitative estimate of drug-likeness (QED) is 0.704. The number of rotatable bonds is 5. The van der Waals surface area contributed by atoms with E-state index in [1.807, 2.05) is 24.3 Å². The lowest BCUT2D eigenvalue weighted by Gasteiger charge is -2.38. The van der Waals surface area contributed by atoms with Crippen LogP contribution in [0.25, 0.3) is 0 Å². The first-order valence-electron chi connectivity index (χ1n) is 12.3. The van der Waals surface area contributed by atoms with E-state index in [1.54, 1.807) is 12.1 Å². The van der Waals surface area contributed by atoms with Gasteiger partial charge in [0.15, 0.2) is 0 Å². The van der Waals surface area contributed by atoms with Crippen LogP contribution in [0.5, 0.6) is 0 Å². The molecular weight excluding hydrogens is 402 g/mol. The van der Waals surface area contributed by atoms with Crippen molar-refractivity contribution < 1.29 is 14.4 Å². The summed E-state index contributed by atoms with van der Waals surface area (Å²) < 4.78 is 0. The first kappa shape index (κ1) is 21.2. The Kier molecular flexibility index (Phi) is 5.78. The van der Waals surface area contributed by atoms with Crippen LogP contribution in [0.1, 0.15) is 75.1 Å². The lowest BCUT2D eigenvalue weighted by Crippen LogP contribution is -2.59. The molecule has 4 aliphatic rings. The molecule has 1 N–H and O–H groups in total. The maximum absolute atomic E-state index is 13.6. The van der Waals surface area contributed by atoms with Crippen molar-refractivity contribution in [1.82, 2.24) is 10.3 Å². The van der Waals surface area contributed by atoms with E-state index >= 15 is 0 Å². The molecule has 170 valence electrons. The summed E-state index contributed by atoms with van der Waals surface area (Å²) in [6.45, 7) is 2.26. The molecule has 6 heteroatoms. The number of benzene rings is 1. The molecule has 2 unspecified atom stereocenters. The summed E-state index contributed by atoms with van der Waals surface area (Å²) in [6, 6.07) is 7.87. The number of hydrogen-bond acceptors (Lipinski definition) is 3. The minimum atomic E-state index is -0.329. The van der Waals surface area contributed by atoms with Gasteiger partial charge in [0.1, 0.15) is 0 Å². The fraction of sp³-hybridized carbons (Fsp3) is 0.577. The summed E-state index contributed by atoms with van der Waals surface area (Å²) in [5.74, 6) is 0.00641. The zero-order valence-electron chi connectivity index (χ0n) is 18.8. The van der Waals surface area contributed by atoms with Crippen molar-refractivity contribution in [2.24, 2.45) is 17.8 Å². The molecule has 1 saturated heterocycles. The second-order valence-electron chi connectivity index (χ2n) is 9.88. The maximum atomic E-state index is 13.6. The van der Waals surface area contributed by atoms with Gasteiger partial charge in [-0.1, -0.05) is 31.6 Å². The first-order valence-corrected chi connectivity index (χ1v) is 12.3. The number of carbonyl (C=O) groups excluding carboxylic acids is 3. The number of hydrogen-bond donors (Lipinski definition) is 1. The summed E-state index contributed by atoms with van der Waals surface area (Å²) in [6.07, 6.45) is 13.1. The number of amides is 3. The molecule has 6 nitrogen and oxygen atoms in total. The second kappa shape index (κ2) is 8.72. The topological polar surface area (TPSA) is 69.7 Å². The van der Waals surface area contributed by atoms with Crippen LogP contribution in [-0.4, -0.2) is 34.7 Å². The van der Waals surface area contributed by atoms with E-state index in [1.165, 1.54) is 24.3 Å². The van der Waals surface area contributed by atoms with Crippen molar-refractivity contribution in [2.45, 2.75) is 76.8 Å². The lowest BCUT2D eigenvalue weighted by molar-refractivity contribution is -0.139. The highest BCUT2D eigenvalue weighted by Gasteiger charge is 2.43. The predicted octanol–water partition coefficient (Wildman–Crippen LogP) is 4.22. The fourth-order valence-electron chi connectivity index (χ4n) is 5.72. The van der Waals surface area contributed by atoms with E-state index in [4.69, 9.17) is 0 Å². The zero-order chi connectivity index (χ0) is 22.2. The van der Waals surface area contributed by atoms with Gasteiger partial charge < -0.3 is 4.90 Å². The molecule has 3 aliphatic carbocycles. The molecule has 0 radical (unpaired) electrons. The van der Waals surface area contributed by atoms with Crippen molar-refractivity contribution >= 4 is 23.4 Å². The van der Waals surface area contributed by atoms with Gasteiger partial charge in [-0.25, -0.2) is 5.01 Å². The van der Waals surface area contributed by atoms with E-state index in [0.29, 0.717) is 36.2 Å². The molecule has 0 spiro atoms.